The van der Waals surface area contributed by atoms with Crippen molar-refractivity contribution in [3.05, 3.63) is 49.9 Å². The number of benzene rings is 1. The van der Waals surface area contributed by atoms with E-state index in [2.05, 4.69) is 5.32 Å². The number of carbonyl (C=O) groups is 2. The van der Waals surface area contributed by atoms with E-state index in [1.807, 2.05) is 0 Å². The van der Waals surface area contributed by atoms with E-state index < -0.39 is 26.6 Å². The maximum Gasteiger partial charge on any atom is 0.341 e. The second-order valence-electron chi connectivity index (χ2n) is 7.11. The van der Waals surface area contributed by atoms with Gasteiger partial charge in [-0.25, -0.2) is 13.2 Å². The molecule has 0 saturated carbocycles. The van der Waals surface area contributed by atoms with Crippen molar-refractivity contribution in [3.63, 3.8) is 0 Å². The largest absolute Gasteiger partial charge is 0.462 e. The Morgan fingerprint density at radius 1 is 1.30 bits per heavy atom. The first-order valence-corrected chi connectivity index (χ1v) is 12.4. The van der Waals surface area contributed by atoms with Gasteiger partial charge in [0.05, 0.1) is 40.2 Å². The van der Waals surface area contributed by atoms with E-state index in [1.165, 1.54) is 18.2 Å². The Hall–Kier alpha value is -3.45. The minimum absolute atomic E-state index is 0.0600. The number of thiophene rings is 1. The Bertz CT molecular complexity index is 1300. The Labute approximate surface area is 192 Å². The topological polar surface area (TPSA) is 151 Å². The number of anilines is 1. The van der Waals surface area contributed by atoms with Crippen molar-refractivity contribution in [2.24, 2.45) is 0 Å². The standard InChI is InChI=1S/C20H18N2O9S2/c1-2-29-20(24)18-12-5-6-33(27,28)9-16(12)32-19(18)21-17(23)4-3-11-7-14-15(31-10-30-14)8-13(11)22(25)26/h3-4,7-8H,2,5-6,9-10H2,1H3,(H,21,23)/b4-3+. The highest BCUT2D eigenvalue weighted by Crippen LogP contribution is 2.40. The quantitative estimate of drug-likeness (QED) is 0.276. The molecule has 4 rings (SSSR count). The van der Waals surface area contributed by atoms with Gasteiger partial charge in [-0.2, -0.15) is 0 Å². The number of hydrogen-bond acceptors (Lipinski definition) is 10. The number of nitro groups is 1. The predicted octanol–water partition coefficient (Wildman–Crippen LogP) is 2.68. The first-order chi connectivity index (χ1) is 15.7. The molecule has 3 heterocycles. The number of ether oxygens (including phenoxy) is 3. The van der Waals surface area contributed by atoms with Crippen LogP contribution in [-0.4, -0.2) is 44.4 Å². The molecule has 2 aliphatic rings. The van der Waals surface area contributed by atoms with Crippen LogP contribution in [0.5, 0.6) is 11.5 Å². The number of nitrogens with one attached hydrogen (secondary N) is 1. The van der Waals surface area contributed by atoms with Crippen LogP contribution in [0, 0.1) is 10.1 Å². The molecule has 1 amide bonds. The number of sulfone groups is 1. The summed E-state index contributed by atoms with van der Waals surface area (Å²) in [6, 6.07) is 2.61. The first kappa shape index (κ1) is 22.7. The summed E-state index contributed by atoms with van der Waals surface area (Å²) in [4.78, 5) is 36.4. The van der Waals surface area contributed by atoms with Crippen molar-refractivity contribution >= 4 is 49.8 Å². The Morgan fingerprint density at radius 2 is 2.03 bits per heavy atom. The number of rotatable bonds is 6. The molecule has 1 aromatic heterocycles. The van der Waals surface area contributed by atoms with Gasteiger partial charge in [-0.05, 0) is 31.1 Å². The zero-order valence-electron chi connectivity index (χ0n) is 17.3. The number of carbonyl (C=O) groups excluding carboxylic acids is 2. The number of amides is 1. The molecule has 11 nitrogen and oxygen atoms in total. The van der Waals surface area contributed by atoms with E-state index in [1.54, 1.807) is 6.92 Å². The Balaban J connectivity index is 1.62. The molecule has 0 fully saturated rings. The fraction of sp³-hybridized carbons (Fsp3) is 0.300. The van der Waals surface area contributed by atoms with Gasteiger partial charge in [-0.3, -0.25) is 14.9 Å². The van der Waals surface area contributed by atoms with E-state index >= 15 is 0 Å². The lowest BCUT2D eigenvalue weighted by atomic mass is 10.1. The molecule has 33 heavy (non-hydrogen) atoms. The number of nitrogens with zero attached hydrogens (tertiary/aromatic N) is 1. The molecule has 0 bridgehead atoms. The molecule has 174 valence electrons. The molecule has 2 aromatic rings. The summed E-state index contributed by atoms with van der Waals surface area (Å²) in [5.41, 5.74) is 0.551. The zero-order valence-corrected chi connectivity index (χ0v) is 18.9. The van der Waals surface area contributed by atoms with Crippen molar-refractivity contribution < 1.29 is 37.1 Å². The number of esters is 1. The molecule has 0 spiro atoms. The SMILES string of the molecule is CCOC(=O)c1c(NC(=O)/C=C/c2cc3c(cc2[N+](=O)[O-])OCO3)sc2c1CCS(=O)(=O)C2. The lowest BCUT2D eigenvalue weighted by Gasteiger charge is -2.13. The van der Waals surface area contributed by atoms with Crippen LogP contribution in [-0.2, 0) is 31.5 Å². The summed E-state index contributed by atoms with van der Waals surface area (Å²) in [5.74, 6) is -1.06. The number of fused-ring (bicyclic) bond motifs is 2. The normalized spacial score (nSPS) is 15.8. The number of nitro benzene ring substituents is 1. The summed E-state index contributed by atoms with van der Waals surface area (Å²) in [7, 11) is -3.28. The van der Waals surface area contributed by atoms with Crippen LogP contribution in [0.4, 0.5) is 10.7 Å². The predicted molar refractivity (Wildman–Crippen MR) is 118 cm³/mol. The van der Waals surface area contributed by atoms with Gasteiger partial charge in [-0.1, -0.05) is 0 Å². The maximum absolute atomic E-state index is 12.6. The molecular weight excluding hydrogens is 476 g/mol. The average Bonchev–Trinajstić information content (AvgIpc) is 3.33. The molecule has 0 saturated heterocycles. The van der Waals surface area contributed by atoms with E-state index in [0.29, 0.717) is 16.2 Å². The maximum atomic E-state index is 12.6. The van der Waals surface area contributed by atoms with Gasteiger partial charge in [0.15, 0.2) is 21.3 Å². The van der Waals surface area contributed by atoms with Crippen LogP contribution in [0.25, 0.3) is 6.08 Å². The van der Waals surface area contributed by atoms with E-state index in [4.69, 9.17) is 14.2 Å². The smallest absolute Gasteiger partial charge is 0.341 e. The molecule has 0 atom stereocenters. The second kappa shape index (κ2) is 8.83. The highest BCUT2D eigenvalue weighted by atomic mass is 32.2. The third kappa shape index (κ3) is 4.68. The average molecular weight is 495 g/mol. The highest BCUT2D eigenvalue weighted by molar-refractivity contribution is 7.90. The van der Waals surface area contributed by atoms with Gasteiger partial charge in [0, 0.05) is 11.0 Å². The van der Waals surface area contributed by atoms with Crippen LogP contribution in [0.1, 0.15) is 33.3 Å². The van der Waals surface area contributed by atoms with Crippen molar-refractivity contribution in [2.45, 2.75) is 19.1 Å². The van der Waals surface area contributed by atoms with E-state index in [0.717, 1.165) is 17.4 Å². The number of hydrogen-bond donors (Lipinski definition) is 1. The molecule has 1 N–H and O–H groups in total. The second-order valence-corrected chi connectivity index (χ2v) is 10.4. The minimum Gasteiger partial charge on any atom is -0.462 e. The molecule has 0 unspecified atom stereocenters. The fourth-order valence-corrected chi connectivity index (χ4v) is 6.53. The molecule has 1 aromatic carbocycles. The molecular formula is C20H18N2O9S2. The van der Waals surface area contributed by atoms with Gasteiger partial charge in [-0.15, -0.1) is 11.3 Å². The van der Waals surface area contributed by atoms with Crippen molar-refractivity contribution in [1.82, 2.24) is 0 Å². The summed E-state index contributed by atoms with van der Waals surface area (Å²) in [6.45, 7) is 1.69. The van der Waals surface area contributed by atoms with Crippen molar-refractivity contribution in [3.8, 4) is 11.5 Å². The monoisotopic (exact) mass is 494 g/mol. The van der Waals surface area contributed by atoms with E-state index in [9.17, 15) is 28.1 Å². The summed E-state index contributed by atoms with van der Waals surface area (Å²) >= 11 is 1.00. The van der Waals surface area contributed by atoms with Crippen molar-refractivity contribution in [2.75, 3.05) is 24.5 Å². The Kier molecular flexibility index (Phi) is 6.08. The molecule has 0 aliphatic carbocycles. The van der Waals surface area contributed by atoms with Crippen LogP contribution in [0.3, 0.4) is 0 Å². The Morgan fingerprint density at radius 3 is 2.73 bits per heavy atom. The zero-order chi connectivity index (χ0) is 23.8. The van der Waals surface area contributed by atoms with Crippen LogP contribution < -0.4 is 14.8 Å². The van der Waals surface area contributed by atoms with Crippen LogP contribution >= 0.6 is 11.3 Å². The lowest BCUT2D eigenvalue weighted by Crippen LogP contribution is -2.20. The molecule has 13 heteroatoms. The van der Waals surface area contributed by atoms with Crippen LogP contribution in [0.15, 0.2) is 18.2 Å². The van der Waals surface area contributed by atoms with Crippen molar-refractivity contribution in [1.29, 1.82) is 0 Å². The minimum atomic E-state index is -3.28. The van der Waals surface area contributed by atoms with Crippen LogP contribution in [0.2, 0.25) is 0 Å². The highest BCUT2D eigenvalue weighted by Gasteiger charge is 2.32. The third-order valence-electron chi connectivity index (χ3n) is 4.95. The van der Waals surface area contributed by atoms with E-state index in [-0.39, 0.29) is 58.9 Å². The summed E-state index contributed by atoms with van der Waals surface area (Å²) in [5, 5.41) is 14.1. The summed E-state index contributed by atoms with van der Waals surface area (Å²) in [6.07, 6.45) is 2.48. The van der Waals surface area contributed by atoms with Gasteiger partial charge < -0.3 is 19.5 Å². The van der Waals surface area contributed by atoms with Gasteiger partial charge in [0.2, 0.25) is 12.7 Å². The molecule has 2 aliphatic heterocycles. The van der Waals surface area contributed by atoms with Gasteiger partial charge >= 0.3 is 5.97 Å². The fourth-order valence-electron chi connectivity index (χ4n) is 3.49. The van der Waals surface area contributed by atoms with Gasteiger partial charge in [0.1, 0.15) is 5.00 Å². The summed E-state index contributed by atoms with van der Waals surface area (Å²) < 4.78 is 39.5. The first-order valence-electron chi connectivity index (χ1n) is 9.77. The lowest BCUT2D eigenvalue weighted by molar-refractivity contribution is -0.385. The molecule has 0 radical (unpaired) electrons. The third-order valence-corrected chi connectivity index (χ3v) is 7.84. The van der Waals surface area contributed by atoms with Gasteiger partial charge in [0.25, 0.3) is 5.69 Å².